The van der Waals surface area contributed by atoms with Crippen molar-refractivity contribution in [3.8, 4) is 11.8 Å². The fraction of sp³-hybridized carbons (Fsp3) is 0.700. The molecule has 0 N–H and O–H groups in total. The predicted octanol–water partition coefficient (Wildman–Crippen LogP) is 1.84. The van der Waals surface area contributed by atoms with Crippen molar-refractivity contribution in [2.45, 2.75) is 27.7 Å². The van der Waals surface area contributed by atoms with Crippen molar-refractivity contribution in [3.05, 3.63) is 0 Å². The van der Waals surface area contributed by atoms with Crippen molar-refractivity contribution < 1.29 is 9.53 Å². The van der Waals surface area contributed by atoms with Gasteiger partial charge < -0.3 is 4.74 Å². The van der Waals surface area contributed by atoms with Crippen LogP contribution in [-0.2, 0) is 9.53 Å². The molecule has 12 heavy (non-hydrogen) atoms. The largest absolute Gasteiger partial charge is 0.468 e. The number of carbonyl (C=O) groups excluding carboxylic acids is 1. The molecule has 0 fully saturated rings. The third-order valence-electron chi connectivity index (χ3n) is 1.22. The molecule has 0 saturated heterocycles. The summed E-state index contributed by atoms with van der Waals surface area (Å²) in [6, 6.07) is 0. The first-order valence-electron chi connectivity index (χ1n) is 3.97. The van der Waals surface area contributed by atoms with E-state index in [0.29, 0.717) is 0 Å². The van der Waals surface area contributed by atoms with Gasteiger partial charge in [0.05, 0.1) is 7.11 Å². The lowest BCUT2D eigenvalue weighted by atomic mass is 9.97. The molecule has 0 aromatic heterocycles. The quantitative estimate of drug-likeness (QED) is 0.441. The molecule has 2 nitrogen and oxygen atoms in total. The fourth-order valence-corrected chi connectivity index (χ4v) is 0.560. The fourth-order valence-electron chi connectivity index (χ4n) is 0.560. The maximum Gasteiger partial charge on any atom is 0.320 e. The predicted molar refractivity (Wildman–Crippen MR) is 48.4 cm³/mol. The smallest absolute Gasteiger partial charge is 0.320 e. The molecule has 0 aromatic rings. The molecule has 68 valence electrons. The van der Waals surface area contributed by atoms with Crippen LogP contribution in [0.2, 0.25) is 0 Å². The summed E-state index contributed by atoms with van der Waals surface area (Å²) in [6.45, 7) is 7.75. The summed E-state index contributed by atoms with van der Waals surface area (Å²) >= 11 is 0. The van der Waals surface area contributed by atoms with E-state index >= 15 is 0 Å². The van der Waals surface area contributed by atoms with E-state index in [2.05, 4.69) is 16.6 Å². The van der Waals surface area contributed by atoms with Gasteiger partial charge in [0.25, 0.3) is 0 Å². The van der Waals surface area contributed by atoms with Crippen LogP contribution in [0.25, 0.3) is 0 Å². The number of hydrogen-bond donors (Lipinski definition) is 0. The zero-order valence-electron chi connectivity index (χ0n) is 8.39. The van der Waals surface area contributed by atoms with E-state index in [0.717, 1.165) is 0 Å². The monoisotopic (exact) mass is 168 g/mol. The summed E-state index contributed by atoms with van der Waals surface area (Å²) < 4.78 is 4.54. The van der Waals surface area contributed by atoms with Gasteiger partial charge in [0, 0.05) is 5.41 Å². The lowest BCUT2D eigenvalue weighted by molar-refractivity contribution is -0.142. The van der Waals surface area contributed by atoms with Crippen LogP contribution in [-0.4, -0.2) is 13.1 Å². The van der Waals surface area contributed by atoms with Gasteiger partial charge in [-0.3, -0.25) is 4.79 Å². The Labute approximate surface area is 74.3 Å². The van der Waals surface area contributed by atoms with Gasteiger partial charge in [0.1, 0.15) is 5.92 Å². The Hall–Kier alpha value is -0.970. The van der Waals surface area contributed by atoms with Crippen LogP contribution in [0.5, 0.6) is 0 Å². The van der Waals surface area contributed by atoms with Crippen LogP contribution in [0.3, 0.4) is 0 Å². The Morgan fingerprint density at radius 2 is 1.92 bits per heavy atom. The van der Waals surface area contributed by atoms with Gasteiger partial charge in [-0.05, 0) is 27.7 Å². The first-order valence-corrected chi connectivity index (χ1v) is 3.97. The lowest BCUT2D eigenvalue weighted by Gasteiger charge is -2.08. The highest BCUT2D eigenvalue weighted by molar-refractivity contribution is 5.75. The van der Waals surface area contributed by atoms with Crippen molar-refractivity contribution in [2.75, 3.05) is 7.11 Å². The van der Waals surface area contributed by atoms with Crippen molar-refractivity contribution in [1.82, 2.24) is 0 Å². The summed E-state index contributed by atoms with van der Waals surface area (Å²) in [5.74, 6) is 5.24. The Balaban J connectivity index is 4.23. The normalized spacial score (nSPS) is 12.8. The van der Waals surface area contributed by atoms with E-state index in [1.807, 2.05) is 20.8 Å². The molecular formula is C10H16O2. The first kappa shape index (κ1) is 11.0. The number of esters is 1. The highest BCUT2D eigenvalue weighted by atomic mass is 16.5. The topological polar surface area (TPSA) is 26.3 Å². The SMILES string of the molecule is COC(=O)C(C)C#CC(C)(C)C. The van der Waals surface area contributed by atoms with Crippen molar-refractivity contribution in [2.24, 2.45) is 11.3 Å². The van der Waals surface area contributed by atoms with Gasteiger partial charge in [0.15, 0.2) is 0 Å². The summed E-state index contributed by atoms with van der Waals surface area (Å²) in [6.07, 6.45) is 0. The molecule has 0 aliphatic rings. The molecule has 0 heterocycles. The Kier molecular flexibility index (Phi) is 3.82. The Morgan fingerprint density at radius 3 is 2.25 bits per heavy atom. The molecule has 0 spiro atoms. The van der Waals surface area contributed by atoms with Crippen LogP contribution in [0.1, 0.15) is 27.7 Å². The highest BCUT2D eigenvalue weighted by Gasteiger charge is 2.10. The second kappa shape index (κ2) is 4.15. The minimum absolute atomic E-state index is 0.0533. The minimum Gasteiger partial charge on any atom is -0.468 e. The molecule has 0 aromatic carbocycles. The molecule has 2 heteroatoms. The molecule has 1 atom stereocenters. The van der Waals surface area contributed by atoms with Gasteiger partial charge in [0.2, 0.25) is 0 Å². The third kappa shape index (κ3) is 4.79. The summed E-state index contributed by atoms with van der Waals surface area (Å²) in [5, 5.41) is 0. The lowest BCUT2D eigenvalue weighted by Crippen LogP contribution is -2.11. The standard InChI is InChI=1S/C10H16O2/c1-8(9(11)12-5)6-7-10(2,3)4/h8H,1-5H3. The minimum atomic E-state index is -0.325. The average molecular weight is 168 g/mol. The van der Waals surface area contributed by atoms with Crippen LogP contribution in [0.15, 0.2) is 0 Å². The van der Waals surface area contributed by atoms with Gasteiger partial charge in [-0.15, -0.1) is 0 Å². The van der Waals surface area contributed by atoms with Gasteiger partial charge >= 0.3 is 5.97 Å². The van der Waals surface area contributed by atoms with Crippen LogP contribution >= 0.6 is 0 Å². The maximum absolute atomic E-state index is 10.9. The summed E-state index contributed by atoms with van der Waals surface area (Å²) in [7, 11) is 1.37. The molecular weight excluding hydrogens is 152 g/mol. The summed E-state index contributed by atoms with van der Waals surface area (Å²) in [4.78, 5) is 10.9. The van der Waals surface area contributed by atoms with Gasteiger partial charge in [-0.25, -0.2) is 0 Å². The van der Waals surface area contributed by atoms with E-state index in [1.54, 1.807) is 6.92 Å². The van der Waals surface area contributed by atoms with Crippen molar-refractivity contribution in [1.29, 1.82) is 0 Å². The molecule has 0 amide bonds. The zero-order valence-corrected chi connectivity index (χ0v) is 8.39. The van der Waals surface area contributed by atoms with E-state index in [-0.39, 0.29) is 17.3 Å². The Bertz CT molecular complexity index is 212. The number of rotatable bonds is 1. The molecule has 0 aliphatic carbocycles. The molecule has 0 aliphatic heterocycles. The third-order valence-corrected chi connectivity index (χ3v) is 1.22. The first-order chi connectivity index (χ1) is 5.37. The average Bonchev–Trinajstić information content (AvgIpc) is 1.97. The molecule has 0 bridgehead atoms. The van der Waals surface area contributed by atoms with Crippen LogP contribution in [0, 0.1) is 23.2 Å². The van der Waals surface area contributed by atoms with Crippen molar-refractivity contribution >= 4 is 5.97 Å². The van der Waals surface area contributed by atoms with E-state index in [1.165, 1.54) is 7.11 Å². The van der Waals surface area contributed by atoms with Gasteiger partial charge in [-0.1, -0.05) is 11.8 Å². The Morgan fingerprint density at radius 1 is 1.42 bits per heavy atom. The van der Waals surface area contributed by atoms with Crippen LogP contribution in [0.4, 0.5) is 0 Å². The molecule has 0 rings (SSSR count). The molecule has 0 radical (unpaired) electrons. The van der Waals surface area contributed by atoms with Gasteiger partial charge in [-0.2, -0.15) is 0 Å². The number of hydrogen-bond acceptors (Lipinski definition) is 2. The van der Waals surface area contributed by atoms with Crippen LogP contribution < -0.4 is 0 Å². The second-order valence-electron chi connectivity index (χ2n) is 3.76. The van der Waals surface area contributed by atoms with E-state index < -0.39 is 0 Å². The molecule has 0 saturated carbocycles. The van der Waals surface area contributed by atoms with E-state index in [9.17, 15) is 4.79 Å². The second-order valence-corrected chi connectivity index (χ2v) is 3.76. The summed E-state index contributed by atoms with van der Waals surface area (Å²) in [5.41, 5.74) is -0.0533. The maximum atomic E-state index is 10.9. The number of ether oxygens (including phenoxy) is 1. The van der Waals surface area contributed by atoms with Crippen molar-refractivity contribution in [3.63, 3.8) is 0 Å². The number of carbonyl (C=O) groups is 1. The molecule has 1 unspecified atom stereocenters. The highest BCUT2D eigenvalue weighted by Crippen LogP contribution is 2.10. The zero-order chi connectivity index (χ0) is 9.78. The number of methoxy groups -OCH3 is 1. The van der Waals surface area contributed by atoms with E-state index in [4.69, 9.17) is 0 Å².